The molecule has 5 rings (SSSR count). The number of carbonyl (C=O) groups excluding carboxylic acids is 1. The summed E-state index contributed by atoms with van der Waals surface area (Å²) >= 11 is 0. The molecule has 257 valence electrons. The number of allylic oxidation sites excluding steroid dienone is 2. The van der Waals surface area contributed by atoms with E-state index in [0.29, 0.717) is 5.92 Å². The van der Waals surface area contributed by atoms with Crippen LogP contribution in [-0.4, -0.2) is 15.9 Å². The molecule has 4 aromatic carbocycles. The molecule has 0 aliphatic carbocycles. The van der Waals surface area contributed by atoms with Gasteiger partial charge < -0.3 is 5.11 Å². The van der Waals surface area contributed by atoms with Crippen LogP contribution in [0.25, 0.3) is 43.6 Å². The topological polar surface area (TPSA) is 50.2 Å². The van der Waals surface area contributed by atoms with Crippen molar-refractivity contribution in [1.29, 1.82) is 0 Å². The molecule has 0 aliphatic heterocycles. The number of aliphatic hydroxyl groups is 1. The van der Waals surface area contributed by atoms with E-state index in [1.165, 1.54) is 49.5 Å². The first kappa shape index (κ1) is 39.1. The molecule has 1 heterocycles. The minimum absolute atomic E-state index is 0. The number of hydrogen-bond donors (Lipinski definition) is 1. The van der Waals surface area contributed by atoms with E-state index >= 15 is 0 Å². The van der Waals surface area contributed by atoms with E-state index in [4.69, 9.17) is 4.98 Å². The van der Waals surface area contributed by atoms with Crippen LogP contribution in [-0.2, 0) is 24.9 Å². The van der Waals surface area contributed by atoms with Gasteiger partial charge in [0.05, 0.1) is 0 Å². The van der Waals surface area contributed by atoms with E-state index in [1.807, 2.05) is 47.7 Å². The predicted octanol–water partition coefficient (Wildman–Crippen LogP) is 12.9. The second-order valence-corrected chi connectivity index (χ2v) is 13.7. The van der Waals surface area contributed by atoms with Crippen LogP contribution in [0.1, 0.15) is 111 Å². The molecule has 5 aromatic rings. The van der Waals surface area contributed by atoms with Crippen molar-refractivity contribution < 1.29 is 30.0 Å². The summed E-state index contributed by atoms with van der Waals surface area (Å²) in [6, 6.07) is 27.9. The van der Waals surface area contributed by atoms with Gasteiger partial charge in [0.15, 0.2) is 5.78 Å². The normalized spacial score (nSPS) is 12.2. The SMILES string of the molecule is CCC(C)(CC)C(=O)/C=C(\O)C(C)(CC)CC.CCC(CC)c1cccc2[c-]c(-c3nccc4c3ccc3cc(C)ccc34)ccc12.[Ir]. The average Bonchev–Trinajstić information content (AvgIpc) is 3.10. The zero-order chi connectivity index (χ0) is 34.4. The van der Waals surface area contributed by atoms with Gasteiger partial charge in [-0.2, -0.15) is 0 Å². The van der Waals surface area contributed by atoms with Gasteiger partial charge in [0.2, 0.25) is 0 Å². The van der Waals surface area contributed by atoms with Crippen LogP contribution in [0.15, 0.2) is 84.8 Å². The zero-order valence-corrected chi connectivity index (χ0v) is 32.9. The van der Waals surface area contributed by atoms with E-state index in [-0.39, 0.29) is 42.5 Å². The molecule has 4 heteroatoms. The maximum Gasteiger partial charge on any atom is 0.164 e. The first-order valence-electron chi connectivity index (χ1n) is 17.7. The van der Waals surface area contributed by atoms with Crippen LogP contribution in [0, 0.1) is 23.8 Å². The second kappa shape index (κ2) is 16.9. The zero-order valence-electron chi connectivity index (χ0n) is 30.5. The first-order chi connectivity index (χ1) is 22.5. The summed E-state index contributed by atoms with van der Waals surface area (Å²) in [6.07, 6.45) is 9.00. The third kappa shape index (κ3) is 8.09. The Morgan fingerprint density at radius 1 is 0.792 bits per heavy atom. The number of ketones is 1. The molecule has 3 nitrogen and oxygen atoms in total. The molecule has 0 aliphatic rings. The fraction of sp³-hybridized carbons (Fsp3) is 0.409. The molecule has 0 saturated carbocycles. The van der Waals surface area contributed by atoms with Gasteiger partial charge in [-0.25, -0.2) is 0 Å². The van der Waals surface area contributed by atoms with Crippen LogP contribution in [0.3, 0.4) is 0 Å². The van der Waals surface area contributed by atoms with Gasteiger partial charge in [0.25, 0.3) is 0 Å². The smallest absolute Gasteiger partial charge is 0.164 e. The van der Waals surface area contributed by atoms with Gasteiger partial charge >= 0.3 is 0 Å². The summed E-state index contributed by atoms with van der Waals surface area (Å²) in [5.74, 6) is 0.882. The maximum absolute atomic E-state index is 12.2. The first-order valence-corrected chi connectivity index (χ1v) is 17.7. The number of aromatic nitrogens is 1. The molecule has 0 spiro atoms. The van der Waals surface area contributed by atoms with Crippen molar-refractivity contribution in [3.63, 3.8) is 0 Å². The third-order valence-electron chi connectivity index (χ3n) is 11.0. The van der Waals surface area contributed by atoms with E-state index in [0.717, 1.165) is 49.8 Å². The van der Waals surface area contributed by atoms with Crippen molar-refractivity contribution >= 4 is 38.1 Å². The van der Waals surface area contributed by atoms with Crippen LogP contribution < -0.4 is 0 Å². The van der Waals surface area contributed by atoms with Gasteiger partial charge in [-0.05, 0) is 79.0 Å². The standard InChI is InChI=1S/C29H26N.C15H28O2.Ir/c1-4-20(5-2)24-8-6-7-21-18-23(11-13-25(21)24)29-28-14-10-22-17-19(3)9-12-26(22)27(28)15-16-30-29;1-7-14(5,8-2)12(16)11-13(17)15(6,9-3)10-4;/h6-17,20H,4-5H2,1-3H3;11,16H,7-10H2,1-6H3;/q-1;;/b;12-11-;. The molecule has 0 unspecified atom stereocenters. The van der Waals surface area contributed by atoms with Gasteiger partial charge in [-0.15, -0.1) is 29.7 Å². The number of nitrogens with zero attached hydrogens (tertiary/aromatic N) is 1. The van der Waals surface area contributed by atoms with Crippen molar-refractivity contribution in [3.05, 3.63) is 102 Å². The number of fused-ring (bicyclic) bond motifs is 4. The van der Waals surface area contributed by atoms with Crippen molar-refractivity contribution in [2.24, 2.45) is 10.8 Å². The summed E-state index contributed by atoms with van der Waals surface area (Å²) in [7, 11) is 0. The number of rotatable bonds is 11. The molecule has 0 bridgehead atoms. The summed E-state index contributed by atoms with van der Waals surface area (Å²) in [6.45, 7) is 18.8. The Hall–Kier alpha value is -3.33. The quantitative estimate of drug-likeness (QED) is 0.0625. The Balaban J connectivity index is 0.000000301. The molecular weight excluding hydrogens is 767 g/mol. The summed E-state index contributed by atoms with van der Waals surface area (Å²) < 4.78 is 0. The molecule has 0 fully saturated rings. The molecule has 48 heavy (non-hydrogen) atoms. The van der Waals surface area contributed by atoms with Crippen LogP contribution in [0.5, 0.6) is 0 Å². The number of pyridine rings is 1. The second-order valence-electron chi connectivity index (χ2n) is 13.7. The van der Waals surface area contributed by atoms with Crippen LogP contribution in [0.4, 0.5) is 0 Å². The third-order valence-corrected chi connectivity index (χ3v) is 11.0. The molecular formula is C44H54IrNO2-. The van der Waals surface area contributed by atoms with Gasteiger partial charge in [-0.3, -0.25) is 9.78 Å². The van der Waals surface area contributed by atoms with E-state index in [9.17, 15) is 9.90 Å². The van der Waals surface area contributed by atoms with Crippen LogP contribution in [0.2, 0.25) is 0 Å². The Labute approximate surface area is 302 Å². The monoisotopic (exact) mass is 821 g/mol. The number of hydrogen-bond acceptors (Lipinski definition) is 3. The summed E-state index contributed by atoms with van der Waals surface area (Å²) in [5, 5.41) is 17.6. The maximum atomic E-state index is 12.2. The predicted molar refractivity (Wildman–Crippen MR) is 202 cm³/mol. The molecule has 0 amide bonds. The minimum Gasteiger partial charge on any atom is -0.512 e. The molecule has 0 saturated heterocycles. The molecule has 1 radical (unpaired) electrons. The number of carbonyl (C=O) groups is 1. The fourth-order valence-electron chi connectivity index (χ4n) is 6.47. The summed E-state index contributed by atoms with van der Waals surface area (Å²) in [5.41, 5.74) is 4.18. The minimum atomic E-state index is -0.337. The fourth-order valence-corrected chi connectivity index (χ4v) is 6.47. The molecule has 1 N–H and O–H groups in total. The van der Waals surface area contributed by atoms with E-state index in [1.54, 1.807) is 0 Å². The van der Waals surface area contributed by atoms with E-state index < -0.39 is 0 Å². The van der Waals surface area contributed by atoms with Gasteiger partial charge in [-0.1, -0.05) is 120 Å². The number of benzene rings is 4. The molecule has 0 atom stereocenters. The summed E-state index contributed by atoms with van der Waals surface area (Å²) in [4.78, 5) is 16.9. The Kier molecular flexibility index (Phi) is 13.7. The average molecular weight is 821 g/mol. The molecule has 1 aromatic heterocycles. The van der Waals surface area contributed by atoms with Crippen molar-refractivity contribution in [3.8, 4) is 11.3 Å². The van der Waals surface area contributed by atoms with Crippen molar-refractivity contribution in [1.82, 2.24) is 4.98 Å². The van der Waals surface area contributed by atoms with E-state index in [2.05, 4.69) is 93.6 Å². The number of aliphatic hydroxyl groups excluding tert-OH is 1. The Bertz CT molecular complexity index is 1880. The Morgan fingerprint density at radius 2 is 1.42 bits per heavy atom. The van der Waals surface area contributed by atoms with Crippen LogP contribution >= 0.6 is 0 Å². The van der Waals surface area contributed by atoms with Crippen molar-refractivity contribution in [2.75, 3.05) is 0 Å². The largest absolute Gasteiger partial charge is 0.512 e. The van der Waals surface area contributed by atoms with Gasteiger partial charge in [0.1, 0.15) is 5.76 Å². The number of aryl methyl sites for hydroxylation is 1. The van der Waals surface area contributed by atoms with Crippen molar-refractivity contribution in [2.45, 2.75) is 107 Å². The van der Waals surface area contributed by atoms with Gasteiger partial charge in [0, 0.05) is 48.9 Å². The Morgan fingerprint density at radius 3 is 2.04 bits per heavy atom.